The van der Waals surface area contributed by atoms with Crippen LogP contribution in [0.1, 0.15) is 38.5 Å². The zero-order chi connectivity index (χ0) is 12.8. The zero-order valence-corrected chi connectivity index (χ0v) is 11.0. The topological polar surface area (TPSA) is 50.4 Å². The number of nitrogens with one attached hydrogen (secondary N) is 2. The first-order valence-electron chi connectivity index (χ1n) is 7.07. The molecule has 18 heavy (non-hydrogen) atoms. The van der Waals surface area contributed by atoms with E-state index in [-0.39, 0.29) is 11.9 Å². The van der Waals surface area contributed by atoms with E-state index >= 15 is 0 Å². The van der Waals surface area contributed by atoms with Crippen LogP contribution in [0.15, 0.2) is 12.8 Å². The number of hydrogen-bond acceptors (Lipinski definition) is 3. The van der Waals surface area contributed by atoms with Crippen molar-refractivity contribution in [2.45, 2.75) is 50.6 Å². The number of amides is 1. The van der Waals surface area contributed by atoms with E-state index < -0.39 is 0 Å². The van der Waals surface area contributed by atoms with Gasteiger partial charge in [0.2, 0.25) is 5.91 Å². The number of carbonyl (C=O) groups is 1. The van der Waals surface area contributed by atoms with Crippen molar-refractivity contribution in [1.29, 1.82) is 0 Å². The first-order valence-corrected chi connectivity index (χ1v) is 7.07. The maximum absolute atomic E-state index is 12.0. The molecule has 1 heterocycles. The van der Waals surface area contributed by atoms with Crippen LogP contribution in [0.2, 0.25) is 0 Å². The van der Waals surface area contributed by atoms with Crippen molar-refractivity contribution in [2.75, 3.05) is 13.2 Å². The van der Waals surface area contributed by atoms with Gasteiger partial charge in [0.1, 0.15) is 0 Å². The Kier molecular flexibility index (Phi) is 5.05. The molecule has 4 nitrogen and oxygen atoms in total. The molecular formula is C14H24N2O2. The number of hydrogen-bond donors (Lipinski definition) is 2. The van der Waals surface area contributed by atoms with E-state index in [1.165, 1.54) is 31.9 Å². The van der Waals surface area contributed by atoms with Crippen LogP contribution >= 0.6 is 0 Å². The number of rotatable bonds is 6. The standard InChI is InChI=1S/C14H24N2O2/c1-2-18-9-5-8-15-14(17)13-10-11-6-3-4-7-12(11)16-13/h2,11-13,16H,1,3-10H2,(H,15,17). The molecule has 3 atom stereocenters. The monoisotopic (exact) mass is 252 g/mol. The predicted octanol–water partition coefficient (Wildman–Crippen LogP) is 1.57. The van der Waals surface area contributed by atoms with E-state index in [1.807, 2.05) is 0 Å². The van der Waals surface area contributed by atoms with E-state index in [1.54, 1.807) is 0 Å². The molecule has 2 fully saturated rings. The second kappa shape index (κ2) is 6.78. The molecule has 102 valence electrons. The molecule has 1 aliphatic heterocycles. The van der Waals surface area contributed by atoms with Gasteiger partial charge in [-0.15, -0.1) is 0 Å². The second-order valence-electron chi connectivity index (χ2n) is 5.29. The third kappa shape index (κ3) is 3.48. The fourth-order valence-electron chi connectivity index (χ4n) is 3.09. The Labute approximate surface area is 109 Å². The molecule has 0 aromatic carbocycles. The van der Waals surface area contributed by atoms with Crippen molar-refractivity contribution in [3.8, 4) is 0 Å². The molecule has 2 rings (SSSR count). The molecule has 0 aromatic heterocycles. The summed E-state index contributed by atoms with van der Waals surface area (Å²) in [4.78, 5) is 12.0. The van der Waals surface area contributed by atoms with Crippen LogP contribution in [0.25, 0.3) is 0 Å². The Morgan fingerprint density at radius 1 is 1.44 bits per heavy atom. The van der Waals surface area contributed by atoms with Crippen LogP contribution in [0, 0.1) is 5.92 Å². The van der Waals surface area contributed by atoms with Gasteiger partial charge in [-0.1, -0.05) is 19.4 Å². The van der Waals surface area contributed by atoms with Gasteiger partial charge in [-0.2, -0.15) is 0 Å². The SMILES string of the molecule is C=COCCCNC(=O)C1CC2CCCCC2N1. The zero-order valence-electron chi connectivity index (χ0n) is 11.0. The van der Waals surface area contributed by atoms with Crippen molar-refractivity contribution in [1.82, 2.24) is 10.6 Å². The highest BCUT2D eigenvalue weighted by Gasteiger charge is 2.37. The van der Waals surface area contributed by atoms with E-state index in [0.717, 1.165) is 18.8 Å². The van der Waals surface area contributed by atoms with Crippen LogP contribution in [0.4, 0.5) is 0 Å². The summed E-state index contributed by atoms with van der Waals surface area (Å²) in [6, 6.07) is 0.608. The maximum atomic E-state index is 12.0. The van der Waals surface area contributed by atoms with E-state index in [2.05, 4.69) is 17.2 Å². The molecule has 4 heteroatoms. The highest BCUT2D eigenvalue weighted by molar-refractivity contribution is 5.82. The molecule has 1 amide bonds. The summed E-state index contributed by atoms with van der Waals surface area (Å²) in [5.41, 5.74) is 0. The van der Waals surface area contributed by atoms with Crippen molar-refractivity contribution in [3.05, 3.63) is 12.8 Å². The quantitative estimate of drug-likeness (QED) is 0.557. The molecule has 1 saturated heterocycles. The molecule has 0 bridgehead atoms. The molecule has 1 saturated carbocycles. The van der Waals surface area contributed by atoms with Gasteiger partial charge in [0, 0.05) is 12.6 Å². The average molecular weight is 252 g/mol. The summed E-state index contributed by atoms with van der Waals surface area (Å²) in [6.07, 6.45) is 8.44. The highest BCUT2D eigenvalue weighted by Crippen LogP contribution is 2.33. The minimum atomic E-state index is 0.0263. The van der Waals surface area contributed by atoms with Crippen LogP contribution in [0.5, 0.6) is 0 Å². The van der Waals surface area contributed by atoms with Crippen molar-refractivity contribution >= 4 is 5.91 Å². The Balaban J connectivity index is 1.65. The molecular weight excluding hydrogens is 228 g/mol. The molecule has 2 aliphatic rings. The number of ether oxygens (including phenoxy) is 1. The second-order valence-corrected chi connectivity index (χ2v) is 5.29. The smallest absolute Gasteiger partial charge is 0.237 e. The summed E-state index contributed by atoms with van der Waals surface area (Å²) >= 11 is 0. The number of fused-ring (bicyclic) bond motifs is 1. The van der Waals surface area contributed by atoms with Gasteiger partial charge in [0.25, 0.3) is 0 Å². The number of carbonyl (C=O) groups excluding carboxylic acids is 1. The minimum absolute atomic E-state index is 0.0263. The van der Waals surface area contributed by atoms with Gasteiger partial charge < -0.3 is 15.4 Å². The van der Waals surface area contributed by atoms with Crippen LogP contribution in [-0.4, -0.2) is 31.1 Å². The predicted molar refractivity (Wildman–Crippen MR) is 71.1 cm³/mol. The fraction of sp³-hybridized carbons (Fsp3) is 0.786. The lowest BCUT2D eigenvalue weighted by Crippen LogP contribution is -2.43. The minimum Gasteiger partial charge on any atom is -0.502 e. The molecule has 0 radical (unpaired) electrons. The lowest BCUT2D eigenvalue weighted by molar-refractivity contribution is -0.122. The lowest BCUT2D eigenvalue weighted by atomic mass is 9.85. The molecule has 3 unspecified atom stereocenters. The molecule has 1 aliphatic carbocycles. The van der Waals surface area contributed by atoms with E-state index in [0.29, 0.717) is 19.2 Å². The van der Waals surface area contributed by atoms with Crippen LogP contribution in [0.3, 0.4) is 0 Å². The molecule has 0 aromatic rings. The third-order valence-electron chi connectivity index (χ3n) is 4.04. The largest absolute Gasteiger partial charge is 0.502 e. The fourth-order valence-corrected chi connectivity index (χ4v) is 3.09. The average Bonchev–Trinajstić information content (AvgIpc) is 2.82. The first kappa shape index (κ1) is 13.4. The van der Waals surface area contributed by atoms with Gasteiger partial charge in [0.15, 0.2) is 0 Å². The van der Waals surface area contributed by atoms with Crippen LogP contribution in [-0.2, 0) is 9.53 Å². The molecule has 2 N–H and O–H groups in total. The lowest BCUT2D eigenvalue weighted by Gasteiger charge is -2.24. The van der Waals surface area contributed by atoms with Gasteiger partial charge in [0.05, 0.1) is 18.9 Å². The Morgan fingerprint density at radius 3 is 3.06 bits per heavy atom. The Morgan fingerprint density at radius 2 is 2.28 bits per heavy atom. The Hall–Kier alpha value is -1.03. The van der Waals surface area contributed by atoms with Crippen molar-refractivity contribution in [3.63, 3.8) is 0 Å². The summed E-state index contributed by atoms with van der Waals surface area (Å²) in [6.45, 7) is 4.78. The van der Waals surface area contributed by atoms with E-state index in [4.69, 9.17) is 4.74 Å². The maximum Gasteiger partial charge on any atom is 0.237 e. The van der Waals surface area contributed by atoms with Crippen LogP contribution < -0.4 is 10.6 Å². The van der Waals surface area contributed by atoms with Crippen molar-refractivity contribution in [2.24, 2.45) is 5.92 Å². The Bertz CT molecular complexity index is 280. The summed E-state index contributed by atoms with van der Waals surface area (Å²) in [5, 5.41) is 6.46. The summed E-state index contributed by atoms with van der Waals surface area (Å²) in [7, 11) is 0. The third-order valence-corrected chi connectivity index (χ3v) is 4.04. The van der Waals surface area contributed by atoms with Gasteiger partial charge in [-0.25, -0.2) is 0 Å². The van der Waals surface area contributed by atoms with Gasteiger partial charge in [-0.05, 0) is 31.6 Å². The van der Waals surface area contributed by atoms with E-state index in [9.17, 15) is 4.79 Å². The van der Waals surface area contributed by atoms with Gasteiger partial charge >= 0.3 is 0 Å². The first-order chi connectivity index (χ1) is 8.81. The summed E-state index contributed by atoms with van der Waals surface area (Å²) < 4.78 is 5.01. The van der Waals surface area contributed by atoms with Crippen molar-refractivity contribution < 1.29 is 9.53 Å². The summed E-state index contributed by atoms with van der Waals surface area (Å²) in [5.74, 6) is 0.876. The highest BCUT2D eigenvalue weighted by atomic mass is 16.5. The molecule has 0 spiro atoms. The van der Waals surface area contributed by atoms with Gasteiger partial charge in [-0.3, -0.25) is 4.79 Å². The normalized spacial score (nSPS) is 30.6.